The van der Waals surface area contributed by atoms with Crippen molar-refractivity contribution in [3.8, 4) is 17.1 Å². The number of benzene rings is 2. The standard InChI is InChI=1S/C23H22N4O2/c1-14-5-3-6-16(13-14)22-25-23-24-18-7-4-8-19(28)20(18)21(27(23)26-22)15-9-11-17(29-2)12-10-15/h3,5-6,9-13,21H,4,7-8H2,1-2H3,(H,24,25,26). The summed E-state index contributed by atoms with van der Waals surface area (Å²) in [6.45, 7) is 2.05. The molecule has 5 rings (SSSR count). The fourth-order valence-corrected chi connectivity index (χ4v) is 4.16. The third kappa shape index (κ3) is 3.01. The fourth-order valence-electron chi connectivity index (χ4n) is 4.16. The summed E-state index contributed by atoms with van der Waals surface area (Å²) in [4.78, 5) is 17.6. The molecule has 29 heavy (non-hydrogen) atoms. The number of aromatic nitrogens is 3. The van der Waals surface area contributed by atoms with Crippen LogP contribution < -0.4 is 10.1 Å². The van der Waals surface area contributed by atoms with E-state index in [4.69, 9.17) is 14.8 Å². The van der Waals surface area contributed by atoms with Crippen LogP contribution in [0.15, 0.2) is 59.8 Å². The van der Waals surface area contributed by atoms with Crippen molar-refractivity contribution >= 4 is 11.7 Å². The number of aryl methyl sites for hydroxylation is 1. The van der Waals surface area contributed by atoms with Crippen LogP contribution >= 0.6 is 0 Å². The first kappa shape index (κ1) is 17.7. The first-order valence-electron chi connectivity index (χ1n) is 9.85. The quantitative estimate of drug-likeness (QED) is 0.727. The zero-order chi connectivity index (χ0) is 20.0. The van der Waals surface area contributed by atoms with Crippen molar-refractivity contribution in [1.29, 1.82) is 0 Å². The van der Waals surface area contributed by atoms with E-state index >= 15 is 0 Å². The van der Waals surface area contributed by atoms with Gasteiger partial charge in [-0.1, -0.05) is 35.9 Å². The van der Waals surface area contributed by atoms with Gasteiger partial charge in [0.2, 0.25) is 5.95 Å². The summed E-state index contributed by atoms with van der Waals surface area (Å²) >= 11 is 0. The van der Waals surface area contributed by atoms with Crippen molar-refractivity contribution in [3.63, 3.8) is 0 Å². The highest BCUT2D eigenvalue weighted by atomic mass is 16.5. The van der Waals surface area contributed by atoms with Crippen LogP contribution in [0, 0.1) is 6.92 Å². The number of ether oxygens (including phenoxy) is 1. The van der Waals surface area contributed by atoms with Gasteiger partial charge in [0.25, 0.3) is 0 Å². The van der Waals surface area contributed by atoms with Gasteiger partial charge in [-0.05, 0) is 43.5 Å². The number of methoxy groups -OCH3 is 1. The molecule has 0 saturated heterocycles. The number of carbonyl (C=O) groups is 1. The van der Waals surface area contributed by atoms with Crippen LogP contribution in [0.25, 0.3) is 11.4 Å². The maximum absolute atomic E-state index is 12.9. The lowest BCUT2D eigenvalue weighted by Crippen LogP contribution is -2.31. The smallest absolute Gasteiger partial charge is 0.226 e. The average molecular weight is 386 g/mol. The molecule has 1 aliphatic heterocycles. The van der Waals surface area contributed by atoms with Crippen molar-refractivity contribution in [2.45, 2.75) is 32.2 Å². The number of allylic oxidation sites excluding steroid dienone is 2. The van der Waals surface area contributed by atoms with E-state index in [2.05, 4.69) is 24.4 Å². The van der Waals surface area contributed by atoms with E-state index in [1.54, 1.807) is 7.11 Å². The molecule has 6 nitrogen and oxygen atoms in total. The topological polar surface area (TPSA) is 69.0 Å². The van der Waals surface area contributed by atoms with Gasteiger partial charge in [-0.3, -0.25) is 4.79 Å². The minimum absolute atomic E-state index is 0.179. The van der Waals surface area contributed by atoms with E-state index in [1.165, 1.54) is 0 Å². The zero-order valence-electron chi connectivity index (χ0n) is 16.5. The van der Waals surface area contributed by atoms with Gasteiger partial charge in [0.15, 0.2) is 11.6 Å². The number of hydrogen-bond donors (Lipinski definition) is 1. The Balaban J connectivity index is 1.66. The predicted molar refractivity (Wildman–Crippen MR) is 111 cm³/mol. The normalized spacial score (nSPS) is 18.1. The highest BCUT2D eigenvalue weighted by molar-refractivity contribution is 5.99. The van der Waals surface area contributed by atoms with E-state index in [-0.39, 0.29) is 11.8 Å². The van der Waals surface area contributed by atoms with Gasteiger partial charge >= 0.3 is 0 Å². The fraction of sp³-hybridized carbons (Fsp3) is 0.261. The molecule has 2 aliphatic rings. The highest BCUT2D eigenvalue weighted by Crippen LogP contribution is 2.40. The minimum Gasteiger partial charge on any atom is -0.497 e. The Morgan fingerprint density at radius 1 is 1.14 bits per heavy atom. The maximum Gasteiger partial charge on any atom is 0.226 e. The average Bonchev–Trinajstić information content (AvgIpc) is 3.16. The van der Waals surface area contributed by atoms with E-state index in [9.17, 15) is 4.79 Å². The molecule has 1 N–H and O–H groups in total. The first-order chi connectivity index (χ1) is 14.1. The summed E-state index contributed by atoms with van der Waals surface area (Å²) in [5.41, 5.74) is 4.89. The van der Waals surface area contributed by atoms with Crippen molar-refractivity contribution in [2.75, 3.05) is 12.4 Å². The lowest BCUT2D eigenvalue weighted by atomic mass is 9.85. The van der Waals surface area contributed by atoms with Gasteiger partial charge in [0.05, 0.1) is 7.11 Å². The molecular formula is C23H22N4O2. The zero-order valence-corrected chi connectivity index (χ0v) is 16.5. The predicted octanol–water partition coefficient (Wildman–Crippen LogP) is 4.28. The lowest BCUT2D eigenvalue weighted by Gasteiger charge is -2.32. The van der Waals surface area contributed by atoms with Gasteiger partial charge < -0.3 is 10.1 Å². The minimum atomic E-state index is -0.286. The van der Waals surface area contributed by atoms with E-state index < -0.39 is 0 Å². The Morgan fingerprint density at radius 3 is 2.72 bits per heavy atom. The maximum atomic E-state index is 12.9. The van der Waals surface area contributed by atoms with Crippen molar-refractivity contribution < 1.29 is 9.53 Å². The largest absolute Gasteiger partial charge is 0.497 e. The molecule has 1 unspecified atom stereocenters. The highest BCUT2D eigenvalue weighted by Gasteiger charge is 2.36. The number of Topliss-reactive ketones (excluding diaryl/α,β-unsaturated/α-hetero) is 1. The number of nitrogens with zero attached hydrogens (tertiary/aromatic N) is 3. The van der Waals surface area contributed by atoms with E-state index in [0.717, 1.165) is 46.6 Å². The summed E-state index contributed by atoms with van der Waals surface area (Å²) < 4.78 is 7.15. The number of ketones is 1. The molecule has 3 aromatic rings. The van der Waals surface area contributed by atoms with Crippen LogP contribution in [0.3, 0.4) is 0 Å². The van der Waals surface area contributed by atoms with Gasteiger partial charge in [-0.25, -0.2) is 4.68 Å². The second-order valence-corrected chi connectivity index (χ2v) is 7.54. The summed E-state index contributed by atoms with van der Waals surface area (Å²) in [6.07, 6.45) is 2.28. The second kappa shape index (κ2) is 6.88. The number of nitrogens with one attached hydrogen (secondary N) is 1. The van der Waals surface area contributed by atoms with Crippen molar-refractivity contribution in [3.05, 3.63) is 70.9 Å². The molecule has 1 aliphatic carbocycles. The third-order valence-electron chi connectivity index (χ3n) is 5.58. The number of fused-ring (bicyclic) bond motifs is 1. The Kier molecular flexibility index (Phi) is 4.19. The molecule has 1 aromatic heterocycles. The lowest BCUT2D eigenvalue weighted by molar-refractivity contribution is -0.116. The van der Waals surface area contributed by atoms with E-state index in [1.807, 2.05) is 41.1 Å². The van der Waals surface area contributed by atoms with Gasteiger partial charge in [-0.2, -0.15) is 4.98 Å². The Labute approximate surface area is 169 Å². The summed E-state index contributed by atoms with van der Waals surface area (Å²) in [6, 6.07) is 15.7. The number of anilines is 1. The second-order valence-electron chi connectivity index (χ2n) is 7.54. The molecule has 0 radical (unpaired) electrons. The SMILES string of the molecule is COc1ccc(C2C3=C(CCCC3=O)Nc3nc(-c4cccc(C)c4)nn32)cc1. The molecule has 0 fully saturated rings. The number of hydrogen-bond acceptors (Lipinski definition) is 5. The van der Waals surface area contributed by atoms with Crippen LogP contribution in [0.2, 0.25) is 0 Å². The Morgan fingerprint density at radius 2 is 1.97 bits per heavy atom. The van der Waals surface area contributed by atoms with Crippen LogP contribution in [0.1, 0.15) is 36.4 Å². The Bertz CT molecular complexity index is 1130. The number of rotatable bonds is 3. The third-order valence-corrected chi connectivity index (χ3v) is 5.58. The van der Waals surface area contributed by atoms with Gasteiger partial charge in [0.1, 0.15) is 11.8 Å². The van der Waals surface area contributed by atoms with Crippen molar-refractivity contribution in [1.82, 2.24) is 14.8 Å². The monoisotopic (exact) mass is 386 g/mol. The first-order valence-corrected chi connectivity index (χ1v) is 9.85. The molecule has 0 saturated carbocycles. The van der Waals surface area contributed by atoms with E-state index in [0.29, 0.717) is 18.2 Å². The summed E-state index contributed by atoms with van der Waals surface area (Å²) in [7, 11) is 1.65. The molecule has 2 heterocycles. The Hall–Kier alpha value is -3.41. The van der Waals surface area contributed by atoms with Crippen LogP contribution in [0.5, 0.6) is 5.75 Å². The van der Waals surface area contributed by atoms with Gasteiger partial charge in [-0.15, -0.1) is 5.10 Å². The molecule has 146 valence electrons. The molecule has 0 bridgehead atoms. The molecule has 1 atom stereocenters. The summed E-state index contributed by atoms with van der Waals surface area (Å²) in [5.74, 6) is 2.29. The molecular weight excluding hydrogens is 364 g/mol. The van der Waals surface area contributed by atoms with Crippen LogP contribution in [-0.2, 0) is 4.79 Å². The van der Waals surface area contributed by atoms with Crippen LogP contribution in [-0.4, -0.2) is 27.7 Å². The van der Waals surface area contributed by atoms with Crippen molar-refractivity contribution in [2.24, 2.45) is 0 Å². The number of carbonyl (C=O) groups excluding carboxylic acids is 1. The summed E-state index contributed by atoms with van der Waals surface area (Å²) in [5, 5.41) is 8.19. The molecule has 6 heteroatoms. The molecule has 0 spiro atoms. The molecule has 2 aromatic carbocycles. The molecule has 0 amide bonds. The van der Waals surface area contributed by atoms with Crippen LogP contribution in [0.4, 0.5) is 5.95 Å². The van der Waals surface area contributed by atoms with Gasteiger partial charge in [0, 0.05) is 23.3 Å².